The van der Waals surface area contributed by atoms with Gasteiger partial charge in [-0.25, -0.2) is 9.38 Å². The minimum atomic E-state index is -0.489. The third-order valence-electron chi connectivity index (χ3n) is 4.88. The number of rotatable bonds is 3. The van der Waals surface area contributed by atoms with Crippen molar-refractivity contribution in [1.82, 2.24) is 14.7 Å². The molecule has 0 spiro atoms. The number of nitrogens with two attached hydrogens (primary N) is 2. The number of nitrogens with zero attached hydrogens (tertiary/aromatic N) is 4. The van der Waals surface area contributed by atoms with Crippen molar-refractivity contribution >= 4 is 17.4 Å². The molecule has 0 bridgehead atoms. The maximum absolute atomic E-state index is 14.6. The van der Waals surface area contributed by atoms with Crippen molar-refractivity contribution in [2.75, 3.05) is 13.1 Å². The number of aromatic nitrogens is 2. The molecule has 1 aromatic heterocycles. The highest BCUT2D eigenvalue weighted by molar-refractivity contribution is 6.00. The molecule has 4 N–H and O–H groups in total. The topological polar surface area (TPSA) is 103 Å². The maximum atomic E-state index is 14.6. The molecule has 1 amide bonds. The van der Waals surface area contributed by atoms with Gasteiger partial charge in [0.25, 0.3) is 0 Å². The number of benzene rings is 1. The Kier molecular flexibility index (Phi) is 4.98. The average Bonchev–Trinajstić information content (AvgIpc) is 2.96. The van der Waals surface area contributed by atoms with E-state index >= 15 is 0 Å². The molecular formula is C19H23FN6O. The Hall–Kier alpha value is -3.16. The average molecular weight is 370 g/mol. The predicted octanol–water partition coefficient (Wildman–Crippen LogP) is 1.99. The fourth-order valence-electron chi connectivity index (χ4n) is 3.04. The summed E-state index contributed by atoms with van der Waals surface area (Å²) in [7, 11) is 1.83. The minimum Gasteiger partial charge on any atom is -0.402 e. The van der Waals surface area contributed by atoms with Crippen LogP contribution in [0.2, 0.25) is 0 Å². The van der Waals surface area contributed by atoms with Crippen molar-refractivity contribution in [3.8, 4) is 11.1 Å². The van der Waals surface area contributed by atoms with Crippen LogP contribution in [-0.4, -0.2) is 39.5 Å². The predicted molar refractivity (Wildman–Crippen MR) is 103 cm³/mol. The first-order valence-electron chi connectivity index (χ1n) is 8.64. The Morgan fingerprint density at radius 3 is 2.70 bits per heavy atom. The van der Waals surface area contributed by atoms with Crippen molar-refractivity contribution in [1.29, 1.82) is 0 Å². The van der Waals surface area contributed by atoms with E-state index in [1.165, 1.54) is 13.0 Å². The van der Waals surface area contributed by atoms with E-state index in [1.54, 1.807) is 27.9 Å². The maximum Gasteiger partial charge on any atom is 0.219 e. The Balaban J connectivity index is 1.90. The molecule has 0 saturated carbocycles. The summed E-state index contributed by atoms with van der Waals surface area (Å²) in [6, 6.07) is 4.77. The number of halogens is 1. The molecule has 0 aliphatic carbocycles. The number of carbonyl (C=O) groups is 1. The fourth-order valence-corrected chi connectivity index (χ4v) is 3.04. The molecular weight excluding hydrogens is 347 g/mol. The van der Waals surface area contributed by atoms with Crippen molar-refractivity contribution in [3.05, 3.63) is 47.2 Å². The van der Waals surface area contributed by atoms with Crippen LogP contribution in [0.25, 0.3) is 11.1 Å². The van der Waals surface area contributed by atoms with Crippen LogP contribution in [0.3, 0.4) is 0 Å². The number of amides is 1. The molecule has 142 valence electrons. The number of hydrogen-bond acceptors (Lipinski definition) is 4. The van der Waals surface area contributed by atoms with Gasteiger partial charge in [-0.15, -0.1) is 0 Å². The third-order valence-corrected chi connectivity index (χ3v) is 4.88. The normalized spacial score (nSPS) is 15.4. The highest BCUT2D eigenvalue weighted by atomic mass is 19.1. The van der Waals surface area contributed by atoms with Gasteiger partial charge in [0.15, 0.2) is 0 Å². The van der Waals surface area contributed by atoms with Crippen LogP contribution in [-0.2, 0) is 11.8 Å². The molecule has 1 aliphatic rings. The van der Waals surface area contributed by atoms with Crippen LogP contribution in [0.15, 0.2) is 40.7 Å². The van der Waals surface area contributed by atoms with Crippen LogP contribution in [0.5, 0.6) is 0 Å². The van der Waals surface area contributed by atoms with E-state index in [0.717, 1.165) is 16.8 Å². The van der Waals surface area contributed by atoms with Gasteiger partial charge in [0.05, 0.1) is 12.7 Å². The van der Waals surface area contributed by atoms with Crippen LogP contribution in [0.4, 0.5) is 10.1 Å². The summed E-state index contributed by atoms with van der Waals surface area (Å²) in [5.74, 6) is -0.421. The Bertz CT molecular complexity index is 959. The summed E-state index contributed by atoms with van der Waals surface area (Å²) in [6.45, 7) is 4.24. The standard InChI is InChI=1S/C19H23FN6O/c1-11-14(9-23-25(11)3)13-4-5-18(16(20)8-13)24-19(22)15-10-26(12(2)27)7-6-17(15)21/h4-5,8-9H,6-7,10,21H2,1-3H3,(H2,22,24). The smallest absolute Gasteiger partial charge is 0.219 e. The van der Waals surface area contributed by atoms with E-state index in [4.69, 9.17) is 11.5 Å². The zero-order chi connectivity index (χ0) is 19.7. The molecule has 0 fully saturated rings. The van der Waals surface area contributed by atoms with Crippen LogP contribution in [0.1, 0.15) is 19.0 Å². The molecule has 7 nitrogen and oxygen atoms in total. The number of aliphatic imine (C=N–C) groups is 1. The Labute approximate surface area is 157 Å². The molecule has 8 heteroatoms. The lowest BCUT2D eigenvalue weighted by Crippen LogP contribution is -2.40. The number of aryl methyl sites for hydroxylation is 1. The first-order chi connectivity index (χ1) is 12.8. The molecule has 27 heavy (non-hydrogen) atoms. The molecule has 0 unspecified atom stereocenters. The lowest BCUT2D eigenvalue weighted by molar-refractivity contribution is -0.128. The first kappa shape index (κ1) is 18.6. The highest BCUT2D eigenvalue weighted by Gasteiger charge is 2.21. The van der Waals surface area contributed by atoms with Crippen molar-refractivity contribution in [3.63, 3.8) is 0 Å². The third kappa shape index (κ3) is 3.69. The van der Waals surface area contributed by atoms with Gasteiger partial charge in [-0.3, -0.25) is 9.48 Å². The van der Waals surface area contributed by atoms with E-state index < -0.39 is 5.82 Å². The largest absolute Gasteiger partial charge is 0.402 e. The molecule has 2 heterocycles. The molecule has 2 aromatic rings. The highest BCUT2D eigenvalue weighted by Crippen LogP contribution is 2.28. The summed E-state index contributed by atoms with van der Waals surface area (Å²) in [5.41, 5.74) is 15.9. The van der Waals surface area contributed by atoms with Gasteiger partial charge >= 0.3 is 0 Å². The zero-order valence-corrected chi connectivity index (χ0v) is 15.7. The molecule has 3 rings (SSSR count). The van der Waals surface area contributed by atoms with Crippen LogP contribution < -0.4 is 11.5 Å². The lowest BCUT2D eigenvalue weighted by atomic mass is 10.0. The first-order valence-corrected chi connectivity index (χ1v) is 8.64. The van der Waals surface area contributed by atoms with Gasteiger partial charge in [0.2, 0.25) is 5.91 Å². The Morgan fingerprint density at radius 1 is 1.37 bits per heavy atom. The number of amidine groups is 1. The van der Waals surface area contributed by atoms with Crippen molar-refractivity contribution in [2.45, 2.75) is 20.3 Å². The van der Waals surface area contributed by atoms with Gasteiger partial charge in [-0.2, -0.15) is 5.10 Å². The van der Waals surface area contributed by atoms with Gasteiger partial charge in [0, 0.05) is 49.5 Å². The van der Waals surface area contributed by atoms with Crippen molar-refractivity contribution in [2.24, 2.45) is 23.5 Å². The van der Waals surface area contributed by atoms with Gasteiger partial charge < -0.3 is 16.4 Å². The van der Waals surface area contributed by atoms with Crippen LogP contribution in [0, 0.1) is 12.7 Å². The summed E-state index contributed by atoms with van der Waals surface area (Å²) in [6.07, 6.45) is 2.22. The van der Waals surface area contributed by atoms with Gasteiger partial charge in [0.1, 0.15) is 17.3 Å². The second-order valence-corrected chi connectivity index (χ2v) is 6.62. The van der Waals surface area contributed by atoms with E-state index in [0.29, 0.717) is 24.2 Å². The van der Waals surface area contributed by atoms with E-state index in [2.05, 4.69) is 10.1 Å². The summed E-state index contributed by atoms with van der Waals surface area (Å²) >= 11 is 0. The molecule has 0 radical (unpaired) electrons. The Morgan fingerprint density at radius 2 is 2.11 bits per heavy atom. The lowest BCUT2D eigenvalue weighted by Gasteiger charge is -2.28. The number of carbonyl (C=O) groups excluding carboxylic acids is 1. The van der Waals surface area contributed by atoms with E-state index in [-0.39, 0.29) is 24.0 Å². The quantitative estimate of drug-likeness (QED) is 0.637. The fraction of sp³-hybridized carbons (Fsp3) is 0.316. The molecule has 0 atom stereocenters. The van der Waals surface area contributed by atoms with E-state index in [9.17, 15) is 9.18 Å². The molecule has 0 saturated heterocycles. The number of hydrogen-bond donors (Lipinski definition) is 2. The van der Waals surface area contributed by atoms with Crippen molar-refractivity contribution < 1.29 is 9.18 Å². The van der Waals surface area contributed by atoms with Gasteiger partial charge in [-0.05, 0) is 24.6 Å². The second kappa shape index (κ2) is 7.22. The summed E-state index contributed by atoms with van der Waals surface area (Å²) in [4.78, 5) is 17.5. The molecule has 1 aliphatic heterocycles. The second-order valence-electron chi connectivity index (χ2n) is 6.62. The van der Waals surface area contributed by atoms with Gasteiger partial charge in [-0.1, -0.05) is 6.07 Å². The monoisotopic (exact) mass is 370 g/mol. The zero-order valence-electron chi connectivity index (χ0n) is 15.7. The van der Waals surface area contributed by atoms with E-state index in [1.807, 2.05) is 14.0 Å². The minimum absolute atomic E-state index is 0.0600. The summed E-state index contributed by atoms with van der Waals surface area (Å²) < 4.78 is 16.3. The summed E-state index contributed by atoms with van der Waals surface area (Å²) in [5, 5.41) is 4.18. The SMILES string of the molecule is CC(=O)N1CCC(N)=C(C(N)=Nc2ccc(-c3cnn(C)c3C)cc2F)C1. The molecule has 1 aromatic carbocycles. The van der Waals surface area contributed by atoms with Crippen LogP contribution >= 0.6 is 0 Å².